The lowest BCUT2D eigenvalue weighted by molar-refractivity contribution is -0.284. The van der Waals surface area contributed by atoms with Gasteiger partial charge < -0.3 is 14.4 Å². The summed E-state index contributed by atoms with van der Waals surface area (Å²) < 4.78 is 75.7. The van der Waals surface area contributed by atoms with Gasteiger partial charge in [-0.05, 0) is 136 Å². The van der Waals surface area contributed by atoms with Crippen molar-refractivity contribution in [1.82, 2.24) is 0 Å². The molecule has 272 valence electrons. The van der Waals surface area contributed by atoms with Crippen LogP contribution in [0.25, 0.3) is 0 Å². The molecule has 0 bridgehead atoms. The first kappa shape index (κ1) is 38.4. The molecule has 0 spiro atoms. The fourth-order valence-electron chi connectivity index (χ4n) is 9.32. The van der Waals surface area contributed by atoms with Gasteiger partial charge in [-0.3, -0.25) is 0 Å². The van der Waals surface area contributed by atoms with Gasteiger partial charge in [0.1, 0.15) is 0 Å². The van der Waals surface area contributed by atoms with Crippen LogP contribution in [0, 0.1) is 23.2 Å². The van der Waals surface area contributed by atoms with E-state index < -0.39 is 18.5 Å². The minimum Gasteiger partial charge on any atom is -0.399 e. The molecule has 1 unspecified atom stereocenters. The quantitative estimate of drug-likeness (QED) is 0.112. The van der Waals surface area contributed by atoms with Gasteiger partial charge in [-0.1, -0.05) is 63.6 Å². The lowest BCUT2D eigenvalue weighted by Gasteiger charge is -2.53. The molecule has 3 aliphatic carbocycles. The Hall–Kier alpha value is -0.835. The number of hydrogen-bond donors (Lipinski definition) is 1. The first-order chi connectivity index (χ1) is 22.5. The van der Waals surface area contributed by atoms with E-state index in [9.17, 15) is 27.1 Å². The number of aliphatic hydroxyl groups excluding tert-OH is 1. The third-order valence-corrected chi connectivity index (χ3v) is 14.1. The van der Waals surface area contributed by atoms with Crippen molar-refractivity contribution in [2.45, 2.75) is 166 Å². The Balaban J connectivity index is 1.09. The third kappa shape index (κ3) is 8.12. The summed E-state index contributed by atoms with van der Waals surface area (Å²) in [5.41, 5.74) is 3.37. The van der Waals surface area contributed by atoms with Crippen molar-refractivity contribution < 1.29 is 36.4 Å². The Kier molecular flexibility index (Phi) is 12.0. The van der Waals surface area contributed by atoms with E-state index in [1.54, 1.807) is 0 Å². The summed E-state index contributed by atoms with van der Waals surface area (Å²) >= 11 is 1.48. The Bertz CT molecular complexity index is 1210. The highest BCUT2D eigenvalue weighted by Crippen LogP contribution is 2.62. The molecule has 5 rings (SSSR count). The largest absolute Gasteiger partial charge is 0.494 e. The summed E-state index contributed by atoms with van der Waals surface area (Å²) in [6.07, 6.45) is 7.70. The second kappa shape index (κ2) is 15.0. The molecule has 0 radical (unpaired) electrons. The van der Waals surface area contributed by atoms with Gasteiger partial charge in [0, 0.05) is 6.42 Å². The molecular weight excluding hydrogens is 642 g/mol. The zero-order valence-corrected chi connectivity index (χ0v) is 30.6. The average Bonchev–Trinajstić information content (AvgIpc) is 3.43. The zero-order chi connectivity index (χ0) is 35.0. The molecule has 1 aromatic rings. The fourth-order valence-corrected chi connectivity index (χ4v) is 10.3. The molecule has 1 aromatic carbocycles. The van der Waals surface area contributed by atoms with Gasteiger partial charge in [0.25, 0.3) is 0 Å². The van der Waals surface area contributed by atoms with Crippen LogP contribution < -0.4 is 5.46 Å². The summed E-state index contributed by atoms with van der Waals surface area (Å²) in [7, 11) is -0.356. The molecule has 3 fully saturated rings. The molecule has 6 atom stereocenters. The predicted molar refractivity (Wildman–Crippen MR) is 186 cm³/mol. The number of hydrogen-bond acceptors (Lipinski definition) is 4. The summed E-state index contributed by atoms with van der Waals surface area (Å²) in [5, 5.41) is 11.0. The van der Waals surface area contributed by atoms with Gasteiger partial charge in [0.2, 0.25) is 0 Å². The minimum absolute atomic E-state index is 0.0337. The van der Waals surface area contributed by atoms with Crippen LogP contribution in [0.3, 0.4) is 0 Å². The van der Waals surface area contributed by atoms with Crippen molar-refractivity contribution >= 4 is 24.3 Å². The Labute approximate surface area is 290 Å². The van der Waals surface area contributed by atoms with E-state index in [0.29, 0.717) is 29.4 Å². The molecular formula is C38H58BF5O3S. The lowest BCUT2D eigenvalue weighted by atomic mass is 9.52. The summed E-state index contributed by atoms with van der Waals surface area (Å²) in [6, 6.07) is 6.96. The van der Waals surface area contributed by atoms with Gasteiger partial charge in [0.05, 0.1) is 17.3 Å². The first-order valence-corrected chi connectivity index (χ1v) is 19.8. The molecule has 0 aromatic heterocycles. The number of alkyl halides is 5. The number of unbranched alkanes of at least 4 members (excludes halogenated alkanes) is 6. The Morgan fingerprint density at radius 2 is 1.46 bits per heavy atom. The van der Waals surface area contributed by atoms with Crippen LogP contribution in [0.1, 0.15) is 142 Å². The number of thioether (sulfide) groups is 1. The normalized spacial score (nSPS) is 31.1. The second-order valence-corrected chi connectivity index (χ2v) is 17.8. The van der Waals surface area contributed by atoms with Crippen LogP contribution in [0.2, 0.25) is 0 Å². The topological polar surface area (TPSA) is 38.7 Å². The number of rotatable bonds is 15. The Morgan fingerprint density at radius 1 is 0.833 bits per heavy atom. The van der Waals surface area contributed by atoms with Crippen molar-refractivity contribution in [3.63, 3.8) is 0 Å². The number of halogens is 5. The van der Waals surface area contributed by atoms with Crippen LogP contribution >= 0.6 is 11.8 Å². The predicted octanol–water partition coefficient (Wildman–Crippen LogP) is 10.3. The standard InChI is InChI=1S/C38H58BF5O3S/c1-34(2)35(3,4)47-39(46-34)28-15-16-29-27(25-28)24-26(33-30(29)19-21-36(5)31(33)17-18-32(36)45)14-11-9-7-6-8-10-12-22-48-23-13-20-37(40,41)38(42,43)44/h15-16,25-26,30-33,45H,6-14,17-24H2,1-5H3/t26-,30?,31+,32+,33-,36+/m1/s1. The van der Waals surface area contributed by atoms with Crippen molar-refractivity contribution in [3.8, 4) is 0 Å². The van der Waals surface area contributed by atoms with Crippen molar-refractivity contribution in [1.29, 1.82) is 0 Å². The fraction of sp³-hybridized carbons (Fsp3) is 0.842. The molecule has 3 nitrogen and oxygen atoms in total. The maximum absolute atomic E-state index is 13.0. The van der Waals surface area contributed by atoms with Crippen LogP contribution in [-0.2, 0) is 15.7 Å². The molecule has 0 amide bonds. The second-order valence-electron chi connectivity index (χ2n) is 16.6. The van der Waals surface area contributed by atoms with Gasteiger partial charge in [0.15, 0.2) is 0 Å². The molecule has 1 saturated heterocycles. The molecule has 10 heteroatoms. The maximum Gasteiger partial charge on any atom is 0.494 e. The Morgan fingerprint density at radius 3 is 2.12 bits per heavy atom. The van der Waals surface area contributed by atoms with Crippen LogP contribution in [-0.4, -0.2) is 53.1 Å². The molecule has 4 aliphatic rings. The third-order valence-electron chi connectivity index (χ3n) is 13.0. The van der Waals surface area contributed by atoms with E-state index in [0.717, 1.165) is 62.6 Å². The lowest BCUT2D eigenvalue weighted by Crippen LogP contribution is -2.47. The highest BCUT2D eigenvalue weighted by Gasteiger charge is 2.58. The van der Waals surface area contributed by atoms with Crippen molar-refractivity contribution in [2.75, 3.05) is 11.5 Å². The SMILES string of the molecule is CC1(C)OB(c2ccc3c(c2)C[C@@H](CCCCCCCCCSCCCC(F)(F)C(F)(F)F)[C@@H]2C3CC[C@]3(C)[C@@H](O)CC[C@@H]23)OC1(C)C. The van der Waals surface area contributed by atoms with E-state index in [1.165, 1.54) is 55.0 Å². The highest BCUT2D eigenvalue weighted by atomic mass is 32.2. The van der Waals surface area contributed by atoms with Crippen LogP contribution in [0.5, 0.6) is 0 Å². The van der Waals surface area contributed by atoms with E-state index >= 15 is 0 Å². The van der Waals surface area contributed by atoms with E-state index in [-0.39, 0.29) is 36.3 Å². The van der Waals surface area contributed by atoms with Crippen molar-refractivity contribution in [2.24, 2.45) is 23.2 Å². The number of fused-ring (bicyclic) bond motifs is 5. The zero-order valence-electron chi connectivity index (χ0n) is 29.8. The van der Waals surface area contributed by atoms with Gasteiger partial charge in [-0.15, -0.1) is 0 Å². The summed E-state index contributed by atoms with van der Waals surface area (Å²) in [4.78, 5) is 0. The van der Waals surface area contributed by atoms with E-state index in [4.69, 9.17) is 9.31 Å². The maximum atomic E-state index is 13.0. The molecule has 1 aliphatic heterocycles. The van der Waals surface area contributed by atoms with Gasteiger partial charge in [-0.25, -0.2) is 0 Å². The van der Waals surface area contributed by atoms with Crippen molar-refractivity contribution in [3.05, 3.63) is 29.3 Å². The van der Waals surface area contributed by atoms with Gasteiger partial charge in [-0.2, -0.15) is 33.7 Å². The average molecular weight is 701 g/mol. The smallest absolute Gasteiger partial charge is 0.399 e. The molecule has 48 heavy (non-hydrogen) atoms. The number of benzene rings is 1. The van der Waals surface area contributed by atoms with Crippen LogP contribution in [0.15, 0.2) is 18.2 Å². The van der Waals surface area contributed by atoms with Gasteiger partial charge >= 0.3 is 19.2 Å². The highest BCUT2D eigenvalue weighted by molar-refractivity contribution is 7.99. The summed E-state index contributed by atoms with van der Waals surface area (Å²) in [6.45, 7) is 10.8. The van der Waals surface area contributed by atoms with Crippen LogP contribution in [0.4, 0.5) is 22.0 Å². The molecule has 1 heterocycles. The van der Waals surface area contributed by atoms with E-state index in [1.807, 2.05) is 0 Å². The summed E-state index contributed by atoms with van der Waals surface area (Å²) in [5.74, 6) is -1.07. The monoisotopic (exact) mass is 700 g/mol. The minimum atomic E-state index is -5.45. The molecule has 1 N–H and O–H groups in total. The molecule has 2 saturated carbocycles. The number of aliphatic hydroxyl groups is 1. The van der Waals surface area contributed by atoms with E-state index in [2.05, 4.69) is 52.8 Å². The first-order valence-electron chi connectivity index (χ1n) is 18.7.